The molecule has 0 radical (unpaired) electrons. The van der Waals surface area contributed by atoms with Crippen LogP contribution in [0.3, 0.4) is 0 Å². The van der Waals surface area contributed by atoms with E-state index in [-0.39, 0.29) is 5.56 Å². The summed E-state index contributed by atoms with van der Waals surface area (Å²) in [4.78, 5) is 11.8. The molecule has 0 aliphatic carbocycles. The van der Waals surface area contributed by atoms with Gasteiger partial charge in [0.2, 0.25) is 5.78 Å². The molecule has 0 amide bonds. The zero-order chi connectivity index (χ0) is 16.4. The van der Waals surface area contributed by atoms with Crippen molar-refractivity contribution < 1.29 is 26.7 Å². The summed E-state index contributed by atoms with van der Waals surface area (Å²) in [6.07, 6.45) is -5.37. The number of alkyl halides is 5. The second kappa shape index (κ2) is 5.87. The average Bonchev–Trinajstić information content (AvgIpc) is 2.46. The van der Waals surface area contributed by atoms with Gasteiger partial charge in [0, 0.05) is 12.0 Å². The molecule has 0 aliphatic rings. The van der Waals surface area contributed by atoms with Gasteiger partial charge in [-0.25, -0.2) is 0 Å². The fourth-order valence-electron chi connectivity index (χ4n) is 1.95. The molecule has 116 valence electrons. The number of carbonyl (C=O) groups is 1. The first kappa shape index (κ1) is 16.1. The Bertz CT molecular complexity index is 644. The maximum Gasteiger partial charge on any atom is 0.416 e. The summed E-state index contributed by atoms with van der Waals surface area (Å²) in [6, 6.07) is 10.5. The predicted molar refractivity (Wildman–Crippen MR) is 70.9 cm³/mol. The summed E-state index contributed by atoms with van der Waals surface area (Å²) in [5, 5.41) is 0. The third kappa shape index (κ3) is 3.69. The Morgan fingerprint density at radius 1 is 0.818 bits per heavy atom. The lowest BCUT2D eigenvalue weighted by atomic mass is 9.98. The summed E-state index contributed by atoms with van der Waals surface area (Å²) >= 11 is 0. The highest BCUT2D eigenvalue weighted by molar-refractivity contribution is 6.01. The van der Waals surface area contributed by atoms with E-state index in [2.05, 4.69) is 0 Å². The minimum atomic E-state index is -4.58. The van der Waals surface area contributed by atoms with Crippen LogP contribution in [0.1, 0.15) is 21.5 Å². The molecule has 0 saturated heterocycles. The average molecular weight is 314 g/mol. The van der Waals surface area contributed by atoms with E-state index >= 15 is 0 Å². The highest BCUT2D eigenvalue weighted by Crippen LogP contribution is 2.30. The van der Waals surface area contributed by atoms with Gasteiger partial charge in [0.05, 0.1) is 5.56 Å². The molecule has 0 aliphatic heterocycles. The molecule has 2 aromatic rings. The van der Waals surface area contributed by atoms with Crippen molar-refractivity contribution in [1.29, 1.82) is 0 Å². The van der Waals surface area contributed by atoms with Crippen molar-refractivity contribution in [2.75, 3.05) is 0 Å². The Morgan fingerprint density at radius 3 is 1.86 bits per heavy atom. The van der Waals surface area contributed by atoms with Crippen LogP contribution in [0.5, 0.6) is 0 Å². The molecule has 0 spiro atoms. The molecule has 0 fully saturated rings. The molecule has 2 rings (SSSR count). The molecular formula is C16H11F5O. The molecule has 0 N–H and O–H groups in total. The lowest BCUT2D eigenvalue weighted by Crippen LogP contribution is -2.31. The number of rotatable bonds is 4. The summed E-state index contributed by atoms with van der Waals surface area (Å²) < 4.78 is 65.1. The normalized spacial score (nSPS) is 12.2. The van der Waals surface area contributed by atoms with Crippen molar-refractivity contribution in [3.8, 4) is 0 Å². The number of Topliss-reactive ketones (excluding diaryl/α,β-unsaturated/α-hetero) is 1. The minimum Gasteiger partial charge on any atom is -0.287 e. The fraction of sp³-hybridized carbons (Fsp3) is 0.188. The Kier molecular flexibility index (Phi) is 4.30. The van der Waals surface area contributed by atoms with Crippen LogP contribution in [-0.2, 0) is 12.6 Å². The topological polar surface area (TPSA) is 17.1 Å². The third-order valence-corrected chi connectivity index (χ3v) is 3.08. The van der Waals surface area contributed by atoms with Crippen LogP contribution in [0.15, 0.2) is 54.6 Å². The molecule has 22 heavy (non-hydrogen) atoms. The SMILES string of the molecule is O=C(c1ccc(C(F)(F)F)cc1)C(F)(F)Cc1ccccc1. The first-order valence-corrected chi connectivity index (χ1v) is 6.34. The van der Waals surface area contributed by atoms with Crippen molar-refractivity contribution >= 4 is 5.78 Å². The second-order valence-corrected chi connectivity index (χ2v) is 4.77. The van der Waals surface area contributed by atoms with E-state index < -0.39 is 35.4 Å². The maximum atomic E-state index is 14.0. The van der Waals surface area contributed by atoms with E-state index in [9.17, 15) is 26.7 Å². The molecule has 1 nitrogen and oxygen atoms in total. The van der Waals surface area contributed by atoms with Crippen molar-refractivity contribution in [3.05, 3.63) is 71.3 Å². The van der Waals surface area contributed by atoms with E-state index in [1.807, 2.05) is 0 Å². The molecule has 0 unspecified atom stereocenters. The summed E-state index contributed by atoms with van der Waals surface area (Å²) in [5.74, 6) is -5.17. The predicted octanol–water partition coefficient (Wildman–Crippen LogP) is 4.77. The lowest BCUT2D eigenvalue weighted by Gasteiger charge is -2.15. The molecule has 0 heterocycles. The van der Waals surface area contributed by atoms with E-state index in [1.165, 1.54) is 12.1 Å². The maximum absolute atomic E-state index is 14.0. The van der Waals surface area contributed by atoms with E-state index in [0.29, 0.717) is 12.1 Å². The van der Waals surface area contributed by atoms with Crippen molar-refractivity contribution in [1.82, 2.24) is 0 Å². The van der Waals surface area contributed by atoms with Crippen LogP contribution in [0.4, 0.5) is 22.0 Å². The zero-order valence-corrected chi connectivity index (χ0v) is 11.2. The van der Waals surface area contributed by atoms with Crippen LogP contribution >= 0.6 is 0 Å². The van der Waals surface area contributed by atoms with Gasteiger partial charge in [0.25, 0.3) is 0 Å². The van der Waals surface area contributed by atoms with Gasteiger partial charge in [-0.3, -0.25) is 4.79 Å². The fourth-order valence-corrected chi connectivity index (χ4v) is 1.95. The van der Waals surface area contributed by atoms with E-state index in [0.717, 1.165) is 12.1 Å². The highest BCUT2D eigenvalue weighted by Gasteiger charge is 2.39. The van der Waals surface area contributed by atoms with Crippen LogP contribution in [0, 0.1) is 0 Å². The Labute approximate surface area is 123 Å². The van der Waals surface area contributed by atoms with Crippen LogP contribution in [0.2, 0.25) is 0 Å². The van der Waals surface area contributed by atoms with Gasteiger partial charge >= 0.3 is 12.1 Å². The molecule has 0 atom stereocenters. The number of hydrogen-bond donors (Lipinski definition) is 0. The van der Waals surface area contributed by atoms with Crippen molar-refractivity contribution in [3.63, 3.8) is 0 Å². The highest BCUT2D eigenvalue weighted by atomic mass is 19.4. The van der Waals surface area contributed by atoms with Gasteiger partial charge in [-0.2, -0.15) is 22.0 Å². The quantitative estimate of drug-likeness (QED) is 0.587. The second-order valence-electron chi connectivity index (χ2n) is 4.77. The van der Waals surface area contributed by atoms with Crippen LogP contribution < -0.4 is 0 Å². The lowest BCUT2D eigenvalue weighted by molar-refractivity contribution is -0.137. The first-order valence-electron chi connectivity index (χ1n) is 6.34. The van der Waals surface area contributed by atoms with Gasteiger partial charge in [-0.15, -0.1) is 0 Å². The van der Waals surface area contributed by atoms with Gasteiger partial charge in [-0.1, -0.05) is 42.5 Å². The molecular weight excluding hydrogens is 303 g/mol. The number of ketones is 1. The first-order chi connectivity index (χ1) is 10.2. The zero-order valence-electron chi connectivity index (χ0n) is 11.2. The smallest absolute Gasteiger partial charge is 0.287 e. The summed E-state index contributed by atoms with van der Waals surface area (Å²) in [5.41, 5.74) is -1.17. The molecule has 0 bridgehead atoms. The standard InChI is InChI=1S/C16H11F5O/c17-15(18,10-11-4-2-1-3-5-11)14(22)12-6-8-13(9-7-12)16(19,20)21/h1-9H,10H2. The number of hydrogen-bond acceptors (Lipinski definition) is 1. The largest absolute Gasteiger partial charge is 0.416 e. The van der Waals surface area contributed by atoms with E-state index in [1.54, 1.807) is 18.2 Å². The molecule has 6 heteroatoms. The third-order valence-electron chi connectivity index (χ3n) is 3.08. The molecule has 0 saturated carbocycles. The number of halogens is 5. The van der Waals surface area contributed by atoms with Gasteiger partial charge in [0.15, 0.2) is 0 Å². The van der Waals surface area contributed by atoms with Gasteiger partial charge in [0.1, 0.15) is 0 Å². The Morgan fingerprint density at radius 2 is 1.36 bits per heavy atom. The van der Waals surface area contributed by atoms with Gasteiger partial charge in [-0.05, 0) is 17.7 Å². The molecule has 2 aromatic carbocycles. The Hall–Kier alpha value is -2.24. The van der Waals surface area contributed by atoms with Gasteiger partial charge < -0.3 is 0 Å². The number of benzene rings is 2. The Balaban J connectivity index is 2.19. The molecule has 0 aromatic heterocycles. The monoisotopic (exact) mass is 314 g/mol. The van der Waals surface area contributed by atoms with Crippen molar-refractivity contribution in [2.24, 2.45) is 0 Å². The summed E-state index contributed by atoms with van der Waals surface area (Å²) in [7, 11) is 0. The van der Waals surface area contributed by atoms with Crippen molar-refractivity contribution in [2.45, 2.75) is 18.5 Å². The minimum absolute atomic E-state index is 0.271. The summed E-state index contributed by atoms with van der Waals surface area (Å²) in [6.45, 7) is 0. The van der Waals surface area contributed by atoms with Crippen LogP contribution in [0.25, 0.3) is 0 Å². The number of carbonyl (C=O) groups excluding carboxylic acids is 1. The van der Waals surface area contributed by atoms with Crippen LogP contribution in [-0.4, -0.2) is 11.7 Å². The van der Waals surface area contributed by atoms with E-state index in [4.69, 9.17) is 0 Å².